The van der Waals surface area contributed by atoms with Gasteiger partial charge in [0.2, 0.25) is 0 Å². The third kappa shape index (κ3) is 9.21. The third-order valence-electron chi connectivity index (χ3n) is 18.3. The molecule has 16 rings (SSSR count). The SMILES string of the molecule is N#Cc1ccc2c(c1)C1(c3cc(C#N)ccc3-2)c2cc(N(c3ccccc3)c3ccc(-c4c(-c5ccccc5)cccc4-c4ccccc4)cc3)ccc2-c2ccc(N(c3ccccc3)c3ccc(-c4c(-c5ccccc5)cccc4-c4ccccc4)cc3)cc21. The molecule has 0 radical (unpaired) electrons. The fourth-order valence-electron chi connectivity index (χ4n) is 14.4. The van der Waals surface area contributed by atoms with Gasteiger partial charge in [0.1, 0.15) is 0 Å². The highest BCUT2D eigenvalue weighted by Gasteiger charge is 2.52. The maximum Gasteiger partial charge on any atom is 0.0991 e. The van der Waals surface area contributed by atoms with Crippen molar-refractivity contribution in [2.45, 2.75) is 5.41 Å². The van der Waals surface area contributed by atoms with Crippen LogP contribution in [-0.4, -0.2) is 0 Å². The summed E-state index contributed by atoms with van der Waals surface area (Å²) in [6.07, 6.45) is 0. The van der Waals surface area contributed by atoms with Gasteiger partial charge in [-0.3, -0.25) is 0 Å². The van der Waals surface area contributed by atoms with E-state index in [0.29, 0.717) is 11.1 Å². The number of nitriles is 2. The van der Waals surface area contributed by atoms with Crippen molar-refractivity contribution < 1.29 is 0 Å². The Morgan fingerprint density at radius 3 is 0.780 bits per heavy atom. The molecule has 0 bridgehead atoms. The first-order valence-corrected chi connectivity index (χ1v) is 30.8. The number of hydrogen-bond acceptors (Lipinski definition) is 4. The predicted molar refractivity (Wildman–Crippen MR) is 374 cm³/mol. The summed E-state index contributed by atoms with van der Waals surface area (Å²) in [5, 5.41) is 21.6. The molecule has 4 nitrogen and oxygen atoms in total. The summed E-state index contributed by atoms with van der Waals surface area (Å²) in [6.45, 7) is 0. The summed E-state index contributed by atoms with van der Waals surface area (Å²) in [5.41, 5.74) is 28.4. The molecule has 0 atom stereocenters. The van der Waals surface area contributed by atoms with Crippen molar-refractivity contribution in [2.24, 2.45) is 0 Å². The fraction of sp³-hybridized carbons (Fsp3) is 0.0115. The molecule has 14 aromatic rings. The molecule has 14 aromatic carbocycles. The van der Waals surface area contributed by atoms with Crippen LogP contribution in [0.5, 0.6) is 0 Å². The van der Waals surface area contributed by atoms with Crippen LogP contribution in [0.4, 0.5) is 34.1 Å². The summed E-state index contributed by atoms with van der Waals surface area (Å²) in [7, 11) is 0. The van der Waals surface area contributed by atoms with Crippen molar-refractivity contribution in [2.75, 3.05) is 9.80 Å². The molecule has 4 heteroatoms. The Labute approximate surface area is 531 Å². The molecule has 0 unspecified atom stereocenters. The van der Waals surface area contributed by atoms with Crippen LogP contribution in [0.1, 0.15) is 33.4 Å². The van der Waals surface area contributed by atoms with Crippen LogP contribution in [0, 0.1) is 22.7 Å². The zero-order chi connectivity index (χ0) is 60.8. The van der Waals surface area contributed by atoms with Crippen LogP contribution in [0.15, 0.2) is 340 Å². The zero-order valence-electron chi connectivity index (χ0n) is 49.6. The summed E-state index contributed by atoms with van der Waals surface area (Å²) < 4.78 is 0. The van der Waals surface area contributed by atoms with E-state index in [9.17, 15) is 10.5 Å². The lowest BCUT2D eigenvalue weighted by atomic mass is 9.70. The van der Waals surface area contributed by atoms with Crippen molar-refractivity contribution in [3.8, 4) is 101 Å². The van der Waals surface area contributed by atoms with E-state index in [-0.39, 0.29) is 0 Å². The highest BCUT2D eigenvalue weighted by Crippen LogP contribution is 2.64. The minimum Gasteiger partial charge on any atom is -0.310 e. The Bertz CT molecular complexity index is 4710. The highest BCUT2D eigenvalue weighted by atomic mass is 15.1. The van der Waals surface area contributed by atoms with E-state index in [0.717, 1.165) is 112 Å². The van der Waals surface area contributed by atoms with Gasteiger partial charge in [-0.15, -0.1) is 0 Å². The smallest absolute Gasteiger partial charge is 0.0991 e. The minimum absolute atomic E-state index is 0.569. The van der Waals surface area contributed by atoms with Crippen LogP contribution >= 0.6 is 0 Å². The molecule has 0 saturated carbocycles. The van der Waals surface area contributed by atoms with E-state index in [1.54, 1.807) is 0 Å². The minimum atomic E-state index is -0.955. The molecule has 424 valence electrons. The van der Waals surface area contributed by atoms with Gasteiger partial charge in [-0.1, -0.05) is 243 Å². The highest BCUT2D eigenvalue weighted by molar-refractivity contribution is 6.00. The van der Waals surface area contributed by atoms with Crippen LogP contribution in [0.25, 0.3) is 89.0 Å². The molecule has 2 aliphatic carbocycles. The van der Waals surface area contributed by atoms with E-state index in [2.05, 4.69) is 350 Å². The second kappa shape index (κ2) is 22.7. The number of benzene rings is 14. The molecular weight excluding hydrogens is 1100 g/mol. The average Bonchev–Trinajstić information content (AvgIpc) is 1.51. The summed E-state index contributed by atoms with van der Waals surface area (Å²) in [6, 6.07) is 126. The van der Waals surface area contributed by atoms with Gasteiger partial charge in [-0.2, -0.15) is 10.5 Å². The van der Waals surface area contributed by atoms with Crippen LogP contribution in [0.3, 0.4) is 0 Å². The molecule has 0 N–H and O–H groups in total. The maximum absolute atomic E-state index is 10.8. The number of hydrogen-bond donors (Lipinski definition) is 0. The predicted octanol–water partition coefficient (Wildman–Crippen LogP) is 22.7. The van der Waals surface area contributed by atoms with Crippen LogP contribution in [0.2, 0.25) is 0 Å². The molecule has 0 heterocycles. The first-order chi connectivity index (χ1) is 45.0. The quantitative estimate of drug-likeness (QED) is 0.122. The van der Waals surface area contributed by atoms with Crippen molar-refractivity contribution in [1.29, 1.82) is 10.5 Å². The lowest BCUT2D eigenvalue weighted by molar-refractivity contribution is 0.792. The normalized spacial score (nSPS) is 12.0. The molecule has 1 spiro atoms. The number of fused-ring (bicyclic) bond motifs is 10. The summed E-state index contributed by atoms with van der Waals surface area (Å²) >= 11 is 0. The topological polar surface area (TPSA) is 54.1 Å². The van der Waals surface area contributed by atoms with Crippen molar-refractivity contribution in [1.82, 2.24) is 0 Å². The first kappa shape index (κ1) is 54.1. The van der Waals surface area contributed by atoms with Crippen LogP contribution in [-0.2, 0) is 5.41 Å². The molecule has 0 saturated heterocycles. The molecule has 0 fully saturated rings. The average molecular weight is 1160 g/mol. The zero-order valence-corrected chi connectivity index (χ0v) is 49.6. The number of nitrogens with zero attached hydrogens (tertiary/aromatic N) is 4. The molecular formula is C87H56N4. The van der Waals surface area contributed by atoms with E-state index in [1.807, 2.05) is 12.1 Å². The Morgan fingerprint density at radius 1 is 0.209 bits per heavy atom. The molecule has 2 aliphatic rings. The number of anilines is 6. The first-order valence-electron chi connectivity index (χ1n) is 30.8. The molecule has 0 amide bonds. The van der Waals surface area contributed by atoms with Crippen LogP contribution < -0.4 is 9.80 Å². The Kier molecular flexibility index (Phi) is 13.5. The number of rotatable bonds is 12. The van der Waals surface area contributed by atoms with Gasteiger partial charge in [0, 0.05) is 34.1 Å². The standard InChI is InChI=1S/C87H56N4/c88-57-59-37-49-77-78-50-38-60(58-89)54-82(78)87(81(77)53-59)83-55-71(90(67-29-15-5-16-30-67)69-43-39-65(40-44-69)85-73(61-21-7-1-8-22-61)33-19-34-74(85)62-23-9-2-10-24-62)47-51-79(83)80-52-48-72(56-84(80)87)91(68-31-17-6-18-32-68)70-45-41-66(42-46-70)86-75(63-25-11-3-12-26-63)35-20-36-76(86)64-27-13-4-14-28-64/h1-56H. The molecule has 0 aromatic heterocycles. The fourth-order valence-corrected chi connectivity index (χ4v) is 14.4. The largest absolute Gasteiger partial charge is 0.310 e. The number of para-hydroxylation sites is 2. The lowest BCUT2D eigenvalue weighted by Gasteiger charge is -2.33. The Balaban J connectivity index is 0.876. The van der Waals surface area contributed by atoms with Gasteiger partial charge < -0.3 is 9.80 Å². The maximum atomic E-state index is 10.8. The third-order valence-corrected chi connectivity index (χ3v) is 18.3. The second-order valence-corrected chi connectivity index (χ2v) is 23.3. The summed E-state index contributed by atoms with van der Waals surface area (Å²) in [4.78, 5) is 4.70. The van der Waals surface area contributed by atoms with E-state index in [4.69, 9.17) is 0 Å². The second-order valence-electron chi connectivity index (χ2n) is 23.3. The van der Waals surface area contributed by atoms with Gasteiger partial charge in [0.25, 0.3) is 0 Å². The summed E-state index contributed by atoms with van der Waals surface area (Å²) in [5.74, 6) is 0. The molecule has 91 heavy (non-hydrogen) atoms. The van der Waals surface area contributed by atoms with E-state index in [1.165, 1.54) is 33.4 Å². The van der Waals surface area contributed by atoms with Crippen molar-refractivity contribution in [3.05, 3.63) is 373 Å². The van der Waals surface area contributed by atoms with Gasteiger partial charge in [-0.05, 0) is 208 Å². The Hall–Kier alpha value is -12.3. The van der Waals surface area contributed by atoms with Crippen molar-refractivity contribution >= 4 is 34.1 Å². The van der Waals surface area contributed by atoms with Gasteiger partial charge in [0.15, 0.2) is 0 Å². The Morgan fingerprint density at radius 2 is 0.473 bits per heavy atom. The van der Waals surface area contributed by atoms with Crippen molar-refractivity contribution in [3.63, 3.8) is 0 Å². The van der Waals surface area contributed by atoms with E-state index >= 15 is 0 Å². The lowest BCUT2D eigenvalue weighted by Crippen LogP contribution is -2.27. The van der Waals surface area contributed by atoms with Gasteiger partial charge in [0.05, 0.1) is 28.7 Å². The molecule has 0 aliphatic heterocycles. The monoisotopic (exact) mass is 1160 g/mol. The van der Waals surface area contributed by atoms with E-state index < -0.39 is 5.41 Å². The van der Waals surface area contributed by atoms with Gasteiger partial charge >= 0.3 is 0 Å². The van der Waals surface area contributed by atoms with Gasteiger partial charge in [-0.25, -0.2) is 0 Å².